The molecule has 2 N–H and O–H groups in total. The lowest BCUT2D eigenvalue weighted by Gasteiger charge is -2.10. The van der Waals surface area contributed by atoms with Crippen LogP contribution in [0.3, 0.4) is 0 Å². The lowest BCUT2D eigenvalue weighted by molar-refractivity contribution is -0.136. The van der Waals surface area contributed by atoms with Crippen molar-refractivity contribution in [2.45, 2.75) is 32.9 Å². The number of carbonyl (C=O) groups is 1. The molecule has 0 saturated carbocycles. The fourth-order valence-corrected chi connectivity index (χ4v) is 2.82. The highest BCUT2D eigenvalue weighted by Crippen LogP contribution is 2.20. The molecule has 4 nitrogen and oxygen atoms in total. The first-order valence-electron chi connectivity index (χ1n) is 6.83. The van der Waals surface area contributed by atoms with Crippen molar-refractivity contribution < 1.29 is 14.6 Å². The van der Waals surface area contributed by atoms with Gasteiger partial charge in [-0.1, -0.05) is 0 Å². The first kappa shape index (κ1) is 15.4. The summed E-state index contributed by atoms with van der Waals surface area (Å²) in [6, 6.07) is 11.7. The van der Waals surface area contributed by atoms with Crippen LogP contribution >= 0.6 is 11.3 Å². The second-order valence-electron chi connectivity index (χ2n) is 4.98. The van der Waals surface area contributed by atoms with Gasteiger partial charge in [0.25, 0.3) is 0 Å². The van der Waals surface area contributed by atoms with Gasteiger partial charge in [-0.05, 0) is 50.2 Å². The highest BCUT2D eigenvalue weighted by molar-refractivity contribution is 7.12. The minimum atomic E-state index is -0.794. The van der Waals surface area contributed by atoms with E-state index in [1.807, 2.05) is 50.2 Å². The molecule has 0 aliphatic rings. The van der Waals surface area contributed by atoms with E-state index >= 15 is 0 Å². The zero-order valence-electron chi connectivity index (χ0n) is 12.1. The number of nitrogens with one attached hydrogen (secondary N) is 1. The van der Waals surface area contributed by atoms with Crippen LogP contribution in [0.5, 0.6) is 5.75 Å². The molecule has 0 fully saturated rings. The molecule has 0 aliphatic carbocycles. The van der Waals surface area contributed by atoms with E-state index in [0.29, 0.717) is 6.54 Å². The van der Waals surface area contributed by atoms with Crippen molar-refractivity contribution in [3.8, 4) is 5.75 Å². The van der Waals surface area contributed by atoms with E-state index < -0.39 is 5.97 Å². The molecule has 0 atom stereocenters. The summed E-state index contributed by atoms with van der Waals surface area (Å²) in [6.07, 6.45) is 0.258. The molecule has 0 saturated heterocycles. The van der Waals surface area contributed by atoms with Crippen molar-refractivity contribution in [2.75, 3.05) is 5.32 Å². The average Bonchev–Trinajstić information content (AvgIpc) is 2.84. The molecule has 1 heterocycles. The summed E-state index contributed by atoms with van der Waals surface area (Å²) in [5.74, 6) is 0.0625. The van der Waals surface area contributed by atoms with Crippen molar-refractivity contribution in [2.24, 2.45) is 0 Å². The number of ether oxygens (including phenoxy) is 1. The molecule has 5 heteroatoms. The second kappa shape index (κ2) is 7.13. The number of carboxylic acids is 1. The van der Waals surface area contributed by atoms with Crippen molar-refractivity contribution in [3.63, 3.8) is 0 Å². The smallest absolute Gasteiger partial charge is 0.308 e. The van der Waals surface area contributed by atoms with E-state index in [4.69, 9.17) is 9.84 Å². The molecule has 0 radical (unpaired) electrons. The molecule has 0 amide bonds. The van der Waals surface area contributed by atoms with Crippen LogP contribution in [0.25, 0.3) is 0 Å². The van der Waals surface area contributed by atoms with Gasteiger partial charge in [0.1, 0.15) is 5.75 Å². The van der Waals surface area contributed by atoms with Gasteiger partial charge in [0.05, 0.1) is 12.5 Å². The first-order valence-corrected chi connectivity index (χ1v) is 7.64. The first-order chi connectivity index (χ1) is 10.0. The van der Waals surface area contributed by atoms with Crippen LogP contribution in [0.1, 0.15) is 23.6 Å². The molecule has 112 valence electrons. The Morgan fingerprint density at radius 1 is 1.19 bits per heavy atom. The van der Waals surface area contributed by atoms with Crippen molar-refractivity contribution in [1.82, 2.24) is 0 Å². The Balaban J connectivity index is 1.87. The third kappa shape index (κ3) is 5.11. The van der Waals surface area contributed by atoms with Gasteiger partial charge in [-0.2, -0.15) is 0 Å². The molecule has 0 aliphatic heterocycles. The third-order valence-corrected chi connectivity index (χ3v) is 3.82. The van der Waals surface area contributed by atoms with Gasteiger partial charge in [-0.15, -0.1) is 11.3 Å². The fraction of sp³-hybridized carbons (Fsp3) is 0.312. The molecular weight excluding hydrogens is 286 g/mol. The van der Waals surface area contributed by atoms with Gasteiger partial charge in [0.2, 0.25) is 0 Å². The molecule has 1 aromatic heterocycles. The quantitative estimate of drug-likeness (QED) is 0.817. The largest absolute Gasteiger partial charge is 0.491 e. The number of aliphatic carboxylic acids is 1. The zero-order chi connectivity index (χ0) is 15.2. The molecule has 0 unspecified atom stereocenters. The van der Waals surface area contributed by atoms with Gasteiger partial charge in [-0.3, -0.25) is 4.79 Å². The maximum absolute atomic E-state index is 10.6. The lowest BCUT2D eigenvalue weighted by Crippen LogP contribution is -2.05. The van der Waals surface area contributed by atoms with Crippen LogP contribution in [0.4, 0.5) is 5.69 Å². The van der Waals surface area contributed by atoms with Crippen LogP contribution in [0, 0.1) is 0 Å². The summed E-state index contributed by atoms with van der Waals surface area (Å²) >= 11 is 1.52. The summed E-state index contributed by atoms with van der Waals surface area (Å²) in [5, 5.41) is 12.1. The maximum Gasteiger partial charge on any atom is 0.308 e. The molecule has 2 rings (SSSR count). The Bertz CT molecular complexity index is 590. The normalized spacial score (nSPS) is 10.6. The topological polar surface area (TPSA) is 58.6 Å². The van der Waals surface area contributed by atoms with Gasteiger partial charge >= 0.3 is 5.97 Å². The number of thiophene rings is 1. The number of rotatable bonds is 7. The summed E-state index contributed by atoms with van der Waals surface area (Å²) in [7, 11) is 0. The molecule has 21 heavy (non-hydrogen) atoms. The highest BCUT2D eigenvalue weighted by Gasteiger charge is 2.04. The van der Waals surface area contributed by atoms with E-state index in [0.717, 1.165) is 21.2 Å². The Labute approximate surface area is 128 Å². The number of hydrogen-bond acceptors (Lipinski definition) is 4. The van der Waals surface area contributed by atoms with E-state index in [2.05, 4.69) is 5.32 Å². The Hall–Kier alpha value is -2.01. The van der Waals surface area contributed by atoms with Gasteiger partial charge in [0.15, 0.2) is 0 Å². The lowest BCUT2D eigenvalue weighted by atomic mass is 10.3. The molecule has 2 aromatic rings. The number of benzene rings is 1. The Morgan fingerprint density at radius 2 is 1.86 bits per heavy atom. The van der Waals surface area contributed by atoms with Gasteiger partial charge in [0, 0.05) is 22.0 Å². The minimum Gasteiger partial charge on any atom is -0.491 e. The second-order valence-corrected chi connectivity index (χ2v) is 6.24. The van der Waals surface area contributed by atoms with Crippen LogP contribution in [-0.2, 0) is 17.8 Å². The predicted molar refractivity (Wildman–Crippen MR) is 85.2 cm³/mol. The minimum absolute atomic E-state index is 0.0892. The zero-order valence-corrected chi connectivity index (χ0v) is 12.9. The molecule has 1 aromatic carbocycles. The maximum atomic E-state index is 10.6. The van der Waals surface area contributed by atoms with Crippen LogP contribution < -0.4 is 10.1 Å². The molecular formula is C16H19NO3S. The Morgan fingerprint density at radius 3 is 2.48 bits per heavy atom. The van der Waals surface area contributed by atoms with Crippen molar-refractivity contribution in [1.29, 1.82) is 0 Å². The van der Waals surface area contributed by atoms with Crippen molar-refractivity contribution >= 4 is 23.0 Å². The van der Waals surface area contributed by atoms with E-state index in [9.17, 15) is 4.79 Å². The van der Waals surface area contributed by atoms with E-state index in [1.54, 1.807) is 0 Å². The van der Waals surface area contributed by atoms with E-state index in [-0.39, 0.29) is 12.5 Å². The predicted octanol–water partition coefficient (Wildman–Crippen LogP) is 3.77. The highest BCUT2D eigenvalue weighted by atomic mass is 32.1. The van der Waals surface area contributed by atoms with Crippen LogP contribution in [0.15, 0.2) is 36.4 Å². The third-order valence-electron chi connectivity index (χ3n) is 2.74. The van der Waals surface area contributed by atoms with Gasteiger partial charge < -0.3 is 15.2 Å². The summed E-state index contributed by atoms with van der Waals surface area (Å²) < 4.78 is 5.59. The van der Waals surface area contributed by atoms with Crippen LogP contribution in [0.2, 0.25) is 0 Å². The van der Waals surface area contributed by atoms with Gasteiger partial charge in [-0.25, -0.2) is 0 Å². The molecule has 0 spiro atoms. The SMILES string of the molecule is CC(C)Oc1ccc(NCc2ccc(CC(=O)O)s2)cc1. The van der Waals surface area contributed by atoms with E-state index in [1.165, 1.54) is 11.3 Å². The number of anilines is 1. The number of carboxylic acid groups (broad SMARTS) is 1. The molecule has 0 bridgehead atoms. The monoisotopic (exact) mass is 305 g/mol. The Kier molecular flexibility index (Phi) is 5.22. The summed E-state index contributed by atoms with van der Waals surface area (Å²) in [4.78, 5) is 12.6. The van der Waals surface area contributed by atoms with Crippen molar-refractivity contribution in [3.05, 3.63) is 46.2 Å². The number of hydrogen-bond donors (Lipinski definition) is 2. The fourth-order valence-electron chi connectivity index (χ4n) is 1.87. The summed E-state index contributed by atoms with van der Waals surface area (Å²) in [6.45, 7) is 4.68. The average molecular weight is 305 g/mol. The summed E-state index contributed by atoms with van der Waals surface area (Å²) in [5.41, 5.74) is 1.01. The standard InChI is InChI=1S/C16H19NO3S/c1-11(2)20-13-5-3-12(4-6-13)17-10-15-8-7-14(21-15)9-16(18)19/h3-8,11,17H,9-10H2,1-2H3,(H,18,19). The van der Waals surface area contributed by atoms with Crippen LogP contribution in [-0.4, -0.2) is 17.2 Å².